The first-order chi connectivity index (χ1) is 14.6. The van der Waals surface area contributed by atoms with Gasteiger partial charge in [-0.2, -0.15) is 5.10 Å². The van der Waals surface area contributed by atoms with Gasteiger partial charge in [0.25, 0.3) is 5.91 Å². The van der Waals surface area contributed by atoms with E-state index in [9.17, 15) is 4.79 Å². The molecule has 3 aromatic heterocycles. The van der Waals surface area contributed by atoms with Crippen molar-refractivity contribution in [2.24, 2.45) is 7.05 Å². The Morgan fingerprint density at radius 2 is 1.97 bits per heavy atom. The maximum Gasteiger partial charge on any atom is 0.252 e. The van der Waals surface area contributed by atoms with Crippen LogP contribution < -0.4 is 5.32 Å². The van der Waals surface area contributed by atoms with E-state index in [1.165, 1.54) is 5.56 Å². The summed E-state index contributed by atoms with van der Waals surface area (Å²) in [4.78, 5) is 21.9. The fourth-order valence-corrected chi connectivity index (χ4v) is 3.86. The average molecular weight is 400 g/mol. The quantitative estimate of drug-likeness (QED) is 0.539. The number of aromatic nitrogens is 5. The predicted octanol–water partition coefficient (Wildman–Crippen LogP) is 3.33. The van der Waals surface area contributed by atoms with Crippen LogP contribution in [0.25, 0.3) is 11.0 Å². The molecule has 152 valence electrons. The molecule has 7 heteroatoms. The van der Waals surface area contributed by atoms with E-state index in [-0.39, 0.29) is 5.91 Å². The number of benzene rings is 1. The molecule has 1 aliphatic carbocycles. The van der Waals surface area contributed by atoms with E-state index in [2.05, 4.69) is 39.7 Å². The summed E-state index contributed by atoms with van der Waals surface area (Å²) in [6, 6.07) is 10.2. The maximum atomic E-state index is 13.1. The monoisotopic (exact) mass is 400 g/mol. The van der Waals surface area contributed by atoms with Gasteiger partial charge in [-0.1, -0.05) is 24.3 Å². The number of pyridine rings is 1. The Balaban J connectivity index is 1.33. The molecule has 0 atom stereocenters. The summed E-state index contributed by atoms with van der Waals surface area (Å²) in [5, 5.41) is 8.40. The molecule has 1 fully saturated rings. The van der Waals surface area contributed by atoms with Crippen LogP contribution in [0.15, 0.2) is 49.1 Å². The molecule has 7 nitrogen and oxygen atoms in total. The zero-order valence-electron chi connectivity index (χ0n) is 17.2. The molecule has 1 aliphatic rings. The summed E-state index contributed by atoms with van der Waals surface area (Å²) in [7, 11) is 1.88. The lowest BCUT2D eigenvalue weighted by Crippen LogP contribution is -2.23. The Labute approximate surface area is 174 Å². The molecule has 3 heterocycles. The average Bonchev–Trinajstić information content (AvgIpc) is 3.41. The van der Waals surface area contributed by atoms with Gasteiger partial charge in [0.2, 0.25) is 0 Å². The number of carbonyl (C=O) groups excluding carboxylic acids is 1. The minimum Gasteiger partial charge on any atom is -0.348 e. The Morgan fingerprint density at radius 1 is 1.20 bits per heavy atom. The van der Waals surface area contributed by atoms with Crippen LogP contribution in [0.1, 0.15) is 51.6 Å². The van der Waals surface area contributed by atoms with Gasteiger partial charge in [-0.05, 0) is 37.0 Å². The lowest BCUT2D eigenvalue weighted by Gasteiger charge is -2.10. The van der Waals surface area contributed by atoms with E-state index >= 15 is 0 Å². The van der Waals surface area contributed by atoms with Crippen molar-refractivity contribution < 1.29 is 4.79 Å². The Kier molecular flexibility index (Phi) is 4.58. The van der Waals surface area contributed by atoms with Gasteiger partial charge < -0.3 is 9.88 Å². The van der Waals surface area contributed by atoms with Crippen molar-refractivity contribution in [3.05, 3.63) is 77.1 Å². The number of nitrogens with one attached hydrogen (secondary N) is 1. The van der Waals surface area contributed by atoms with E-state index in [0.717, 1.165) is 47.4 Å². The molecule has 0 aliphatic heterocycles. The second-order valence-corrected chi connectivity index (χ2v) is 8.01. The van der Waals surface area contributed by atoms with Crippen LogP contribution in [0.5, 0.6) is 0 Å². The van der Waals surface area contributed by atoms with Crippen LogP contribution >= 0.6 is 0 Å². The molecule has 0 spiro atoms. The summed E-state index contributed by atoms with van der Waals surface area (Å²) in [6.07, 6.45) is 7.81. The van der Waals surface area contributed by atoms with Crippen molar-refractivity contribution in [2.45, 2.75) is 38.8 Å². The second kappa shape index (κ2) is 7.40. The number of fused-ring (bicyclic) bond motifs is 1. The van der Waals surface area contributed by atoms with Gasteiger partial charge >= 0.3 is 0 Å². The van der Waals surface area contributed by atoms with E-state index < -0.39 is 0 Å². The number of amides is 1. The van der Waals surface area contributed by atoms with Gasteiger partial charge in [-0.25, -0.2) is 9.97 Å². The number of rotatable bonds is 6. The molecular formula is C23H24N6O. The van der Waals surface area contributed by atoms with E-state index in [4.69, 9.17) is 4.98 Å². The maximum absolute atomic E-state index is 13.1. The first-order valence-corrected chi connectivity index (χ1v) is 10.2. The molecule has 30 heavy (non-hydrogen) atoms. The highest BCUT2D eigenvalue weighted by molar-refractivity contribution is 6.06. The summed E-state index contributed by atoms with van der Waals surface area (Å²) < 4.78 is 3.80. The number of carbonyl (C=O) groups is 1. The van der Waals surface area contributed by atoms with Gasteiger partial charge in [0.05, 0.1) is 23.0 Å². The fourth-order valence-electron chi connectivity index (χ4n) is 3.86. The molecular weight excluding hydrogens is 376 g/mol. The molecule has 1 amide bonds. The SMILES string of the molecule is Cc1nn(C)c2nc(C3CC3)cc(C(=O)NCc3ccc(Cn4ccnc4)cc3)c12. The highest BCUT2D eigenvalue weighted by atomic mass is 16.1. The summed E-state index contributed by atoms with van der Waals surface area (Å²) >= 11 is 0. The second-order valence-electron chi connectivity index (χ2n) is 8.01. The first kappa shape index (κ1) is 18.5. The van der Waals surface area contributed by atoms with Crippen molar-refractivity contribution in [3.8, 4) is 0 Å². The summed E-state index contributed by atoms with van der Waals surface area (Å²) in [5.41, 5.74) is 5.54. The van der Waals surface area contributed by atoms with Gasteiger partial charge in [-0.15, -0.1) is 0 Å². The minimum absolute atomic E-state index is 0.0807. The molecule has 4 aromatic rings. The molecule has 1 aromatic carbocycles. The van der Waals surface area contributed by atoms with Crippen LogP contribution in [-0.2, 0) is 20.1 Å². The lowest BCUT2D eigenvalue weighted by molar-refractivity contribution is 0.0952. The van der Waals surface area contributed by atoms with Crippen LogP contribution in [-0.4, -0.2) is 30.2 Å². The van der Waals surface area contributed by atoms with Crippen molar-refractivity contribution in [1.82, 2.24) is 29.6 Å². The van der Waals surface area contributed by atoms with E-state index in [0.29, 0.717) is 18.0 Å². The molecule has 0 bridgehead atoms. The third-order valence-corrected chi connectivity index (χ3v) is 5.63. The Morgan fingerprint density at radius 3 is 2.67 bits per heavy atom. The van der Waals surface area contributed by atoms with Crippen molar-refractivity contribution in [1.29, 1.82) is 0 Å². The number of aryl methyl sites for hydroxylation is 2. The normalized spacial score (nSPS) is 13.7. The zero-order chi connectivity index (χ0) is 20.7. The van der Waals surface area contributed by atoms with E-state index in [1.807, 2.05) is 30.8 Å². The third-order valence-electron chi connectivity index (χ3n) is 5.63. The van der Waals surface area contributed by atoms with Crippen molar-refractivity contribution in [3.63, 3.8) is 0 Å². The van der Waals surface area contributed by atoms with Gasteiger partial charge in [0.15, 0.2) is 5.65 Å². The minimum atomic E-state index is -0.0807. The molecule has 1 N–H and O–H groups in total. The van der Waals surface area contributed by atoms with Crippen LogP contribution in [0, 0.1) is 6.92 Å². The number of nitrogens with zero attached hydrogens (tertiary/aromatic N) is 5. The van der Waals surface area contributed by atoms with E-state index in [1.54, 1.807) is 17.2 Å². The number of hydrogen-bond donors (Lipinski definition) is 1. The highest BCUT2D eigenvalue weighted by Gasteiger charge is 2.28. The molecule has 1 saturated carbocycles. The number of hydrogen-bond acceptors (Lipinski definition) is 4. The van der Waals surface area contributed by atoms with Crippen molar-refractivity contribution >= 4 is 16.9 Å². The van der Waals surface area contributed by atoms with Crippen LogP contribution in [0.3, 0.4) is 0 Å². The fraction of sp³-hybridized carbons (Fsp3) is 0.304. The van der Waals surface area contributed by atoms with Crippen LogP contribution in [0.2, 0.25) is 0 Å². The molecule has 0 radical (unpaired) electrons. The van der Waals surface area contributed by atoms with Crippen molar-refractivity contribution in [2.75, 3.05) is 0 Å². The Hall–Kier alpha value is -3.48. The van der Waals surface area contributed by atoms with Crippen LogP contribution in [0.4, 0.5) is 0 Å². The Bertz CT molecular complexity index is 1200. The van der Waals surface area contributed by atoms with Gasteiger partial charge in [0.1, 0.15) is 0 Å². The first-order valence-electron chi connectivity index (χ1n) is 10.2. The third kappa shape index (κ3) is 3.58. The van der Waals surface area contributed by atoms with Gasteiger partial charge in [0, 0.05) is 44.1 Å². The number of imidazole rings is 1. The van der Waals surface area contributed by atoms with Gasteiger partial charge in [-0.3, -0.25) is 9.48 Å². The molecule has 5 rings (SSSR count). The smallest absolute Gasteiger partial charge is 0.252 e. The lowest BCUT2D eigenvalue weighted by atomic mass is 10.1. The highest BCUT2D eigenvalue weighted by Crippen LogP contribution is 2.40. The summed E-state index contributed by atoms with van der Waals surface area (Å²) in [5.74, 6) is 0.391. The zero-order valence-corrected chi connectivity index (χ0v) is 17.2. The largest absolute Gasteiger partial charge is 0.348 e. The summed E-state index contributed by atoms with van der Waals surface area (Å²) in [6.45, 7) is 3.19. The molecule has 0 unspecified atom stereocenters. The standard InChI is InChI=1S/C23H24N6O/c1-15-21-19(11-20(18-7-8-18)26-22(21)28(2)27-15)23(30)25-12-16-3-5-17(6-4-16)13-29-10-9-24-14-29/h3-6,9-11,14,18H,7-8,12-13H2,1-2H3,(H,25,30). The predicted molar refractivity (Wildman–Crippen MR) is 114 cm³/mol. The topological polar surface area (TPSA) is 77.6 Å². The molecule has 0 saturated heterocycles.